The molecule has 0 saturated heterocycles. The molecule has 3 aromatic rings. The van der Waals surface area contributed by atoms with Gasteiger partial charge in [0, 0.05) is 22.5 Å². The number of benzene rings is 1. The predicted molar refractivity (Wildman–Crippen MR) is 85.2 cm³/mol. The van der Waals surface area contributed by atoms with Crippen molar-refractivity contribution in [2.75, 3.05) is 5.32 Å². The fraction of sp³-hybridized carbons (Fsp3) is 0.176. The zero-order valence-corrected chi connectivity index (χ0v) is 12.2. The maximum atomic E-state index is 5.73. The largest absolute Gasteiger partial charge is 0.464 e. The summed E-state index contributed by atoms with van der Waals surface area (Å²) < 4.78 is 5.73. The summed E-state index contributed by atoms with van der Waals surface area (Å²) in [6, 6.07) is 16.7. The van der Waals surface area contributed by atoms with Gasteiger partial charge in [0.2, 0.25) is 0 Å². The quantitative estimate of drug-likeness (QED) is 0.697. The van der Waals surface area contributed by atoms with E-state index in [0.29, 0.717) is 6.54 Å². The smallest absolute Gasteiger partial charge is 0.123 e. The Hall–Kier alpha value is -2.00. The van der Waals surface area contributed by atoms with Crippen molar-refractivity contribution in [1.29, 1.82) is 0 Å². The Kier molecular flexibility index (Phi) is 3.88. The molecule has 0 radical (unpaired) electrons. The first kappa shape index (κ1) is 13.0. The van der Waals surface area contributed by atoms with Gasteiger partial charge in [0.1, 0.15) is 11.5 Å². The molecule has 3 heteroatoms. The summed E-state index contributed by atoms with van der Waals surface area (Å²) in [7, 11) is 0. The monoisotopic (exact) mass is 283 g/mol. The van der Waals surface area contributed by atoms with Gasteiger partial charge < -0.3 is 9.73 Å². The highest BCUT2D eigenvalue weighted by Crippen LogP contribution is 2.31. The number of aryl methyl sites for hydroxylation is 1. The average Bonchev–Trinajstić information content (AvgIpc) is 3.17. The molecular weight excluding hydrogens is 266 g/mol. The molecule has 2 heterocycles. The average molecular weight is 283 g/mol. The van der Waals surface area contributed by atoms with Gasteiger partial charge in [-0.05, 0) is 29.6 Å². The molecule has 2 aromatic heterocycles. The summed E-state index contributed by atoms with van der Waals surface area (Å²) in [6.45, 7) is 2.81. The normalized spacial score (nSPS) is 10.7. The van der Waals surface area contributed by atoms with Gasteiger partial charge in [0.15, 0.2) is 0 Å². The van der Waals surface area contributed by atoms with Crippen LogP contribution < -0.4 is 5.32 Å². The highest BCUT2D eigenvalue weighted by atomic mass is 32.1. The minimum atomic E-state index is 0.711. The van der Waals surface area contributed by atoms with Crippen LogP contribution in [0, 0.1) is 0 Å². The second kappa shape index (κ2) is 5.97. The molecule has 0 spiro atoms. The minimum absolute atomic E-state index is 0.711. The molecule has 0 unspecified atom stereocenters. The van der Waals surface area contributed by atoms with Crippen molar-refractivity contribution in [3.8, 4) is 10.4 Å². The highest BCUT2D eigenvalue weighted by molar-refractivity contribution is 7.13. The van der Waals surface area contributed by atoms with Gasteiger partial charge in [0.25, 0.3) is 0 Å². The summed E-state index contributed by atoms with van der Waals surface area (Å²) >= 11 is 1.76. The summed E-state index contributed by atoms with van der Waals surface area (Å²) in [5.41, 5.74) is 2.38. The van der Waals surface area contributed by atoms with Crippen LogP contribution >= 0.6 is 11.3 Å². The van der Waals surface area contributed by atoms with E-state index in [1.54, 1.807) is 11.3 Å². The molecule has 0 bridgehead atoms. The van der Waals surface area contributed by atoms with E-state index >= 15 is 0 Å². The van der Waals surface area contributed by atoms with E-state index in [0.717, 1.165) is 23.6 Å². The van der Waals surface area contributed by atoms with Gasteiger partial charge >= 0.3 is 0 Å². The number of para-hydroxylation sites is 1. The standard InChI is InChI=1S/C17H17NOS/c1-2-13-9-10-14(19-13)12-18-16-7-4-3-6-15(16)17-8-5-11-20-17/h3-11,18H,2,12H2,1H3. The van der Waals surface area contributed by atoms with Crippen LogP contribution in [0.3, 0.4) is 0 Å². The van der Waals surface area contributed by atoms with Gasteiger partial charge in [0.05, 0.1) is 6.54 Å². The third-order valence-corrected chi connectivity index (χ3v) is 4.14. The predicted octanol–water partition coefficient (Wildman–Crippen LogP) is 5.18. The molecule has 0 atom stereocenters. The first-order valence-electron chi connectivity index (χ1n) is 6.81. The molecule has 0 aliphatic heterocycles. The molecule has 102 valence electrons. The molecule has 0 amide bonds. The van der Waals surface area contributed by atoms with Crippen molar-refractivity contribution in [2.45, 2.75) is 19.9 Å². The summed E-state index contributed by atoms with van der Waals surface area (Å²) in [5.74, 6) is 2.01. The molecule has 0 aliphatic rings. The Morgan fingerprint density at radius 1 is 1.00 bits per heavy atom. The van der Waals surface area contributed by atoms with Crippen LogP contribution in [0.2, 0.25) is 0 Å². The Balaban J connectivity index is 1.77. The fourth-order valence-corrected chi connectivity index (χ4v) is 2.94. The lowest BCUT2D eigenvalue weighted by Crippen LogP contribution is -1.99. The van der Waals surface area contributed by atoms with Crippen molar-refractivity contribution in [1.82, 2.24) is 0 Å². The van der Waals surface area contributed by atoms with E-state index in [4.69, 9.17) is 4.42 Å². The van der Waals surface area contributed by atoms with E-state index in [2.05, 4.69) is 54.0 Å². The van der Waals surface area contributed by atoms with Crippen molar-refractivity contribution < 1.29 is 4.42 Å². The van der Waals surface area contributed by atoms with E-state index in [9.17, 15) is 0 Å². The topological polar surface area (TPSA) is 25.2 Å². The number of anilines is 1. The van der Waals surface area contributed by atoms with E-state index in [1.807, 2.05) is 12.1 Å². The molecule has 0 aliphatic carbocycles. The van der Waals surface area contributed by atoms with E-state index in [1.165, 1.54) is 10.4 Å². The number of hydrogen-bond acceptors (Lipinski definition) is 3. The highest BCUT2D eigenvalue weighted by Gasteiger charge is 2.06. The minimum Gasteiger partial charge on any atom is -0.464 e. The molecule has 2 nitrogen and oxygen atoms in total. The number of furan rings is 1. The number of thiophene rings is 1. The van der Waals surface area contributed by atoms with Crippen molar-refractivity contribution in [3.05, 3.63) is 65.4 Å². The SMILES string of the molecule is CCc1ccc(CNc2ccccc2-c2cccs2)o1. The Bertz CT molecular complexity index is 670. The summed E-state index contributed by atoms with van der Waals surface area (Å²) in [5, 5.41) is 5.57. The van der Waals surface area contributed by atoms with Crippen LogP contribution in [0.25, 0.3) is 10.4 Å². The Labute approximate surface area is 123 Å². The third-order valence-electron chi connectivity index (χ3n) is 3.23. The zero-order chi connectivity index (χ0) is 13.8. The third kappa shape index (κ3) is 2.78. The molecule has 20 heavy (non-hydrogen) atoms. The van der Waals surface area contributed by atoms with Gasteiger partial charge in [-0.3, -0.25) is 0 Å². The zero-order valence-electron chi connectivity index (χ0n) is 11.4. The number of rotatable bonds is 5. The molecular formula is C17H17NOS. The van der Waals surface area contributed by atoms with Gasteiger partial charge in [-0.2, -0.15) is 0 Å². The first-order valence-corrected chi connectivity index (χ1v) is 7.69. The lowest BCUT2D eigenvalue weighted by Gasteiger charge is -2.09. The summed E-state index contributed by atoms with van der Waals surface area (Å²) in [4.78, 5) is 1.28. The fourth-order valence-electron chi connectivity index (χ4n) is 2.17. The van der Waals surface area contributed by atoms with Crippen LogP contribution in [0.5, 0.6) is 0 Å². The van der Waals surface area contributed by atoms with Crippen LogP contribution in [0.4, 0.5) is 5.69 Å². The van der Waals surface area contributed by atoms with Crippen LogP contribution in [0.1, 0.15) is 18.4 Å². The van der Waals surface area contributed by atoms with Crippen molar-refractivity contribution >= 4 is 17.0 Å². The Morgan fingerprint density at radius 2 is 1.85 bits per heavy atom. The Morgan fingerprint density at radius 3 is 2.60 bits per heavy atom. The van der Waals surface area contributed by atoms with Gasteiger partial charge in [-0.15, -0.1) is 11.3 Å². The van der Waals surface area contributed by atoms with Crippen LogP contribution in [-0.4, -0.2) is 0 Å². The molecule has 1 aromatic carbocycles. The molecule has 1 N–H and O–H groups in total. The number of nitrogens with one attached hydrogen (secondary N) is 1. The molecule has 3 rings (SSSR count). The van der Waals surface area contributed by atoms with Gasteiger partial charge in [-0.25, -0.2) is 0 Å². The lowest BCUT2D eigenvalue weighted by molar-refractivity contribution is 0.476. The summed E-state index contributed by atoms with van der Waals surface area (Å²) in [6.07, 6.45) is 0.936. The number of hydrogen-bond donors (Lipinski definition) is 1. The second-order valence-corrected chi connectivity index (χ2v) is 5.55. The second-order valence-electron chi connectivity index (χ2n) is 4.60. The first-order chi connectivity index (χ1) is 9.86. The van der Waals surface area contributed by atoms with Crippen molar-refractivity contribution in [3.63, 3.8) is 0 Å². The van der Waals surface area contributed by atoms with Crippen molar-refractivity contribution in [2.24, 2.45) is 0 Å². The van der Waals surface area contributed by atoms with Gasteiger partial charge in [-0.1, -0.05) is 31.2 Å². The van der Waals surface area contributed by atoms with Crippen LogP contribution in [-0.2, 0) is 13.0 Å². The van der Waals surface area contributed by atoms with E-state index in [-0.39, 0.29) is 0 Å². The molecule has 0 saturated carbocycles. The lowest BCUT2D eigenvalue weighted by atomic mass is 10.1. The van der Waals surface area contributed by atoms with E-state index < -0.39 is 0 Å². The van der Waals surface area contributed by atoms with Crippen LogP contribution in [0.15, 0.2) is 58.3 Å². The maximum absolute atomic E-state index is 5.73. The maximum Gasteiger partial charge on any atom is 0.123 e. The molecule has 0 fully saturated rings.